The first-order valence-electron chi connectivity index (χ1n) is 7.48. The highest BCUT2D eigenvalue weighted by Crippen LogP contribution is 2.31. The van der Waals surface area contributed by atoms with Gasteiger partial charge in [-0.25, -0.2) is 9.97 Å². The van der Waals surface area contributed by atoms with Crippen LogP contribution in [0.1, 0.15) is 44.9 Å². The van der Waals surface area contributed by atoms with E-state index in [1.165, 1.54) is 0 Å². The van der Waals surface area contributed by atoms with Crippen molar-refractivity contribution in [2.24, 2.45) is 0 Å². The van der Waals surface area contributed by atoms with E-state index in [9.17, 15) is 9.59 Å². The van der Waals surface area contributed by atoms with Gasteiger partial charge < -0.3 is 0 Å². The Balaban J connectivity index is 2.24. The van der Waals surface area contributed by atoms with Gasteiger partial charge in [-0.05, 0) is 36.5 Å². The van der Waals surface area contributed by atoms with Crippen LogP contribution < -0.4 is 0 Å². The normalized spacial score (nSPS) is 14.0. The minimum atomic E-state index is 0.525. The maximum Gasteiger partial charge on any atom is 0.152 e. The molecule has 108 valence electrons. The minimum Gasteiger partial charge on any atom is -0.298 e. The van der Waals surface area contributed by atoms with Crippen LogP contribution in [0.4, 0.5) is 0 Å². The van der Waals surface area contributed by atoms with Crippen LogP contribution in [0.2, 0.25) is 0 Å². The van der Waals surface area contributed by atoms with E-state index < -0.39 is 0 Å². The van der Waals surface area contributed by atoms with Crippen LogP contribution in [0.25, 0.3) is 21.8 Å². The van der Waals surface area contributed by atoms with E-state index in [1.807, 2.05) is 24.3 Å². The SMILES string of the molecule is O=Cc1c2ccccc2c(C=O)c2nc3c(nc12)CCCC3. The highest BCUT2D eigenvalue weighted by atomic mass is 16.1. The highest BCUT2D eigenvalue weighted by molar-refractivity contribution is 6.17. The molecule has 4 heteroatoms. The summed E-state index contributed by atoms with van der Waals surface area (Å²) >= 11 is 0. The predicted molar refractivity (Wildman–Crippen MR) is 84.5 cm³/mol. The zero-order chi connectivity index (χ0) is 15.1. The molecule has 0 radical (unpaired) electrons. The molecule has 0 saturated carbocycles. The fraction of sp³-hybridized carbons (Fsp3) is 0.222. The molecule has 1 aromatic heterocycles. The number of carbonyl (C=O) groups is 2. The molecule has 0 amide bonds. The molecule has 3 aromatic rings. The third-order valence-electron chi connectivity index (χ3n) is 4.38. The molecular formula is C18H14N2O2. The van der Waals surface area contributed by atoms with Crippen molar-refractivity contribution in [2.75, 3.05) is 0 Å². The second-order valence-electron chi connectivity index (χ2n) is 5.63. The second kappa shape index (κ2) is 4.98. The van der Waals surface area contributed by atoms with Crippen LogP contribution in [-0.4, -0.2) is 22.5 Å². The van der Waals surface area contributed by atoms with Crippen LogP contribution in [0, 0.1) is 0 Å². The largest absolute Gasteiger partial charge is 0.298 e. The monoisotopic (exact) mass is 290 g/mol. The summed E-state index contributed by atoms with van der Waals surface area (Å²) in [5, 5.41) is 1.52. The van der Waals surface area contributed by atoms with E-state index in [0.29, 0.717) is 22.2 Å². The molecule has 1 heterocycles. The summed E-state index contributed by atoms with van der Waals surface area (Å²) < 4.78 is 0. The Labute approximate surface area is 127 Å². The maximum absolute atomic E-state index is 11.6. The number of aldehydes is 2. The Morgan fingerprint density at radius 2 is 1.23 bits per heavy atom. The summed E-state index contributed by atoms with van der Waals surface area (Å²) in [7, 11) is 0. The van der Waals surface area contributed by atoms with Gasteiger partial charge in [-0.3, -0.25) is 9.59 Å². The summed E-state index contributed by atoms with van der Waals surface area (Å²) in [4.78, 5) is 32.7. The molecule has 0 fully saturated rings. The molecular weight excluding hydrogens is 276 g/mol. The smallest absolute Gasteiger partial charge is 0.152 e. The summed E-state index contributed by atoms with van der Waals surface area (Å²) in [6.45, 7) is 0. The van der Waals surface area contributed by atoms with Gasteiger partial charge in [0.05, 0.1) is 22.5 Å². The minimum absolute atomic E-state index is 0.525. The third kappa shape index (κ3) is 1.77. The molecule has 0 saturated heterocycles. The van der Waals surface area contributed by atoms with Gasteiger partial charge >= 0.3 is 0 Å². The van der Waals surface area contributed by atoms with Gasteiger partial charge in [0, 0.05) is 0 Å². The van der Waals surface area contributed by atoms with Gasteiger partial charge in [0.15, 0.2) is 12.6 Å². The first-order valence-corrected chi connectivity index (χ1v) is 7.48. The molecule has 4 rings (SSSR count). The molecule has 0 aliphatic heterocycles. The Kier molecular flexibility index (Phi) is 2.96. The van der Waals surface area contributed by atoms with Gasteiger partial charge in [0.1, 0.15) is 11.0 Å². The second-order valence-corrected chi connectivity index (χ2v) is 5.63. The van der Waals surface area contributed by atoms with Gasteiger partial charge in [0.25, 0.3) is 0 Å². The summed E-state index contributed by atoms with van der Waals surface area (Å²) in [6.07, 6.45) is 5.61. The van der Waals surface area contributed by atoms with Crippen LogP contribution >= 0.6 is 0 Å². The molecule has 2 aromatic carbocycles. The van der Waals surface area contributed by atoms with E-state index in [0.717, 1.165) is 60.4 Å². The number of aromatic nitrogens is 2. The molecule has 0 bridgehead atoms. The summed E-state index contributed by atoms with van der Waals surface area (Å²) in [6, 6.07) is 7.43. The lowest BCUT2D eigenvalue weighted by Crippen LogP contribution is -2.10. The standard InChI is InChI=1S/C18H14N2O2/c21-9-13-11-5-1-2-6-12(11)14(10-22)18-17(13)19-15-7-3-4-8-16(15)20-18/h1-2,5-6,9-10H,3-4,7-8H2. The van der Waals surface area contributed by atoms with Crippen molar-refractivity contribution in [3.8, 4) is 0 Å². The van der Waals surface area contributed by atoms with Crippen molar-refractivity contribution in [1.29, 1.82) is 0 Å². The lowest BCUT2D eigenvalue weighted by molar-refractivity contribution is 0.111. The average Bonchev–Trinajstić information content (AvgIpc) is 2.58. The van der Waals surface area contributed by atoms with Crippen molar-refractivity contribution in [2.45, 2.75) is 25.7 Å². The van der Waals surface area contributed by atoms with Gasteiger partial charge in [-0.15, -0.1) is 0 Å². The number of hydrogen-bond acceptors (Lipinski definition) is 4. The van der Waals surface area contributed by atoms with Crippen molar-refractivity contribution in [3.05, 3.63) is 46.8 Å². The van der Waals surface area contributed by atoms with Crippen LogP contribution in [0.5, 0.6) is 0 Å². The molecule has 0 N–H and O–H groups in total. The molecule has 1 aliphatic rings. The first kappa shape index (κ1) is 13.1. The van der Waals surface area contributed by atoms with Gasteiger partial charge in [-0.2, -0.15) is 0 Å². The molecule has 0 atom stereocenters. The van der Waals surface area contributed by atoms with E-state index >= 15 is 0 Å². The summed E-state index contributed by atoms with van der Waals surface area (Å²) in [5.41, 5.74) is 4.09. The number of fused-ring (bicyclic) bond motifs is 3. The van der Waals surface area contributed by atoms with Crippen LogP contribution in [-0.2, 0) is 12.8 Å². The molecule has 0 spiro atoms. The van der Waals surface area contributed by atoms with Crippen molar-refractivity contribution in [1.82, 2.24) is 9.97 Å². The Hall–Kier alpha value is -2.62. The van der Waals surface area contributed by atoms with Crippen molar-refractivity contribution in [3.63, 3.8) is 0 Å². The number of rotatable bonds is 2. The Morgan fingerprint density at radius 3 is 1.64 bits per heavy atom. The lowest BCUT2D eigenvalue weighted by atomic mass is 9.95. The predicted octanol–water partition coefficient (Wildman–Crippen LogP) is 3.29. The average molecular weight is 290 g/mol. The first-order chi connectivity index (χ1) is 10.8. The van der Waals surface area contributed by atoms with Crippen molar-refractivity contribution < 1.29 is 9.59 Å². The topological polar surface area (TPSA) is 59.9 Å². The fourth-order valence-corrected chi connectivity index (χ4v) is 3.31. The van der Waals surface area contributed by atoms with E-state index in [2.05, 4.69) is 0 Å². The zero-order valence-corrected chi connectivity index (χ0v) is 12.0. The highest BCUT2D eigenvalue weighted by Gasteiger charge is 2.19. The van der Waals surface area contributed by atoms with Crippen LogP contribution in [0.3, 0.4) is 0 Å². The number of benzene rings is 2. The quantitative estimate of drug-likeness (QED) is 0.537. The van der Waals surface area contributed by atoms with Gasteiger partial charge in [0.2, 0.25) is 0 Å². The number of carbonyl (C=O) groups excluding carboxylic acids is 2. The number of nitrogens with zero attached hydrogens (tertiary/aromatic N) is 2. The van der Waals surface area contributed by atoms with E-state index in [4.69, 9.17) is 9.97 Å². The van der Waals surface area contributed by atoms with E-state index in [1.54, 1.807) is 0 Å². The lowest BCUT2D eigenvalue weighted by Gasteiger charge is -2.16. The van der Waals surface area contributed by atoms with Gasteiger partial charge in [-0.1, -0.05) is 24.3 Å². The van der Waals surface area contributed by atoms with E-state index in [-0.39, 0.29) is 0 Å². The molecule has 4 nitrogen and oxygen atoms in total. The maximum atomic E-state index is 11.6. The zero-order valence-electron chi connectivity index (χ0n) is 12.0. The number of aryl methyl sites for hydroxylation is 2. The molecule has 22 heavy (non-hydrogen) atoms. The Morgan fingerprint density at radius 1 is 0.773 bits per heavy atom. The molecule has 1 aliphatic carbocycles. The third-order valence-corrected chi connectivity index (χ3v) is 4.38. The van der Waals surface area contributed by atoms with Crippen LogP contribution in [0.15, 0.2) is 24.3 Å². The summed E-state index contributed by atoms with van der Waals surface area (Å²) in [5.74, 6) is 0. The fourth-order valence-electron chi connectivity index (χ4n) is 3.31. The van der Waals surface area contributed by atoms with Crippen molar-refractivity contribution >= 4 is 34.4 Å². The number of hydrogen-bond donors (Lipinski definition) is 0. The molecule has 0 unspecified atom stereocenters. The Bertz CT molecular complexity index is 855.